The normalized spacial score (nSPS) is 18.4. The summed E-state index contributed by atoms with van der Waals surface area (Å²) in [5.41, 5.74) is -1.64. The molecule has 1 unspecified atom stereocenters. The third-order valence-electron chi connectivity index (χ3n) is 4.81. The summed E-state index contributed by atoms with van der Waals surface area (Å²) in [6.07, 6.45) is 1.75. The number of hydrogen-bond acceptors (Lipinski definition) is 11. The molecule has 0 spiro atoms. The summed E-state index contributed by atoms with van der Waals surface area (Å²) >= 11 is 0. The van der Waals surface area contributed by atoms with Crippen LogP contribution >= 0.6 is 0 Å². The number of aliphatic hydroxyl groups excluding tert-OH is 1. The minimum Gasteiger partial charge on any atom is -0.467 e. The molecule has 13 nitrogen and oxygen atoms in total. The maximum absolute atomic E-state index is 12.8. The van der Waals surface area contributed by atoms with Crippen LogP contribution in [0.15, 0.2) is 21.4 Å². The molecule has 0 bridgehead atoms. The minimum atomic E-state index is -1.25. The zero-order valence-corrected chi connectivity index (χ0v) is 19.8. The van der Waals surface area contributed by atoms with E-state index in [1.54, 1.807) is 34.6 Å². The van der Waals surface area contributed by atoms with Gasteiger partial charge in [-0.25, -0.2) is 19.6 Å². The number of nitrogens with one attached hydrogen (secondary N) is 1. The van der Waals surface area contributed by atoms with Crippen LogP contribution in [-0.4, -0.2) is 75.6 Å². The Labute approximate surface area is 195 Å². The molecule has 2 N–H and O–H groups in total. The van der Waals surface area contributed by atoms with Crippen LogP contribution < -0.4 is 5.32 Å². The van der Waals surface area contributed by atoms with Crippen LogP contribution in [0.3, 0.4) is 0 Å². The van der Waals surface area contributed by atoms with Crippen LogP contribution in [0.1, 0.15) is 57.0 Å². The molecule has 0 radical (unpaired) electrons. The third kappa shape index (κ3) is 5.37. The quantitative estimate of drug-likeness (QED) is 0.577. The molecule has 13 heteroatoms. The van der Waals surface area contributed by atoms with E-state index in [0.717, 1.165) is 13.4 Å². The van der Waals surface area contributed by atoms with E-state index in [4.69, 9.17) is 18.3 Å². The number of rotatable bonds is 6. The van der Waals surface area contributed by atoms with E-state index in [1.807, 2.05) is 0 Å². The number of aliphatic hydroxyl groups is 1. The lowest BCUT2D eigenvalue weighted by molar-refractivity contribution is -0.143. The van der Waals surface area contributed by atoms with E-state index in [2.05, 4.69) is 20.0 Å². The van der Waals surface area contributed by atoms with E-state index in [-0.39, 0.29) is 29.8 Å². The number of methoxy groups -OCH3 is 1. The van der Waals surface area contributed by atoms with Crippen molar-refractivity contribution in [2.24, 2.45) is 0 Å². The maximum atomic E-state index is 12.8. The second-order valence-electron chi connectivity index (χ2n) is 8.96. The zero-order chi connectivity index (χ0) is 25.3. The Bertz CT molecular complexity index is 1050. The van der Waals surface area contributed by atoms with Crippen molar-refractivity contribution in [3.8, 4) is 11.6 Å². The fourth-order valence-corrected chi connectivity index (χ4v) is 3.23. The van der Waals surface area contributed by atoms with Crippen molar-refractivity contribution in [2.45, 2.75) is 58.0 Å². The highest BCUT2D eigenvalue weighted by Gasteiger charge is 2.48. The Morgan fingerprint density at radius 2 is 1.97 bits per heavy atom. The molecule has 1 fully saturated rings. The van der Waals surface area contributed by atoms with Crippen LogP contribution in [0.5, 0.6) is 0 Å². The van der Waals surface area contributed by atoms with Crippen molar-refractivity contribution in [3.63, 3.8) is 0 Å². The number of oxazole rings is 2. The molecule has 0 saturated carbocycles. The highest BCUT2D eigenvalue weighted by molar-refractivity contribution is 5.95. The monoisotopic (exact) mass is 480 g/mol. The van der Waals surface area contributed by atoms with Gasteiger partial charge in [-0.05, 0) is 34.6 Å². The first-order valence-electron chi connectivity index (χ1n) is 10.4. The molecule has 3 heterocycles. The van der Waals surface area contributed by atoms with Crippen molar-refractivity contribution >= 4 is 18.0 Å². The molecule has 2 atom stereocenters. The summed E-state index contributed by atoms with van der Waals surface area (Å²) in [4.78, 5) is 46.5. The largest absolute Gasteiger partial charge is 0.467 e. The first kappa shape index (κ1) is 25.2. The lowest BCUT2D eigenvalue weighted by atomic mass is 10.2. The first-order valence-corrected chi connectivity index (χ1v) is 10.4. The minimum absolute atomic E-state index is 0.0271. The molecule has 2 aromatic rings. The van der Waals surface area contributed by atoms with E-state index < -0.39 is 48.0 Å². The van der Waals surface area contributed by atoms with Gasteiger partial charge < -0.3 is 33.5 Å². The van der Waals surface area contributed by atoms with Crippen LogP contribution in [0.2, 0.25) is 0 Å². The molecular formula is C21H28N4O9. The number of aromatic nitrogens is 2. The predicted molar refractivity (Wildman–Crippen MR) is 113 cm³/mol. The highest BCUT2D eigenvalue weighted by atomic mass is 16.6. The van der Waals surface area contributed by atoms with Crippen molar-refractivity contribution in [1.82, 2.24) is 20.2 Å². The van der Waals surface area contributed by atoms with Gasteiger partial charge in [-0.15, -0.1) is 0 Å². The smallest absolute Gasteiger partial charge is 0.413 e. The highest BCUT2D eigenvalue weighted by Crippen LogP contribution is 2.38. The Kier molecular flexibility index (Phi) is 6.98. The second-order valence-corrected chi connectivity index (χ2v) is 8.96. The fraction of sp³-hybridized carbons (Fsp3) is 0.571. The van der Waals surface area contributed by atoms with Gasteiger partial charge in [-0.1, -0.05) is 0 Å². The Hall–Kier alpha value is -3.45. The molecule has 1 saturated heterocycles. The number of ether oxygens (including phenoxy) is 3. The fourth-order valence-electron chi connectivity index (χ4n) is 3.23. The van der Waals surface area contributed by atoms with Gasteiger partial charge in [0.05, 0.1) is 20.3 Å². The zero-order valence-electron chi connectivity index (χ0n) is 19.8. The van der Waals surface area contributed by atoms with E-state index >= 15 is 0 Å². The number of amides is 2. The molecular weight excluding hydrogens is 452 g/mol. The molecule has 2 amide bonds. The molecule has 3 rings (SSSR count). The molecule has 1 aliphatic heterocycles. The van der Waals surface area contributed by atoms with E-state index in [9.17, 15) is 19.5 Å². The molecule has 1 aliphatic rings. The summed E-state index contributed by atoms with van der Waals surface area (Å²) in [7, 11) is 1.13. The number of nitrogens with zero attached hydrogens (tertiary/aromatic N) is 3. The average Bonchev–Trinajstić information content (AvgIpc) is 3.47. The van der Waals surface area contributed by atoms with Gasteiger partial charge in [0.15, 0.2) is 17.4 Å². The SMILES string of the molecule is COC(=O)C(CO)NC(=O)c1coc(-c2coc([C@@H]3COC(C)(C)N3C(=O)OC(C)(C)C)n2)n1. The molecule has 2 aromatic heterocycles. The molecule has 186 valence electrons. The number of esters is 1. The predicted octanol–water partition coefficient (Wildman–Crippen LogP) is 1.64. The van der Waals surface area contributed by atoms with Gasteiger partial charge in [-0.3, -0.25) is 9.69 Å². The lowest BCUT2D eigenvalue weighted by Crippen LogP contribution is -2.47. The number of carbonyl (C=O) groups excluding carboxylic acids is 3. The van der Waals surface area contributed by atoms with Gasteiger partial charge in [0.25, 0.3) is 5.91 Å². The average molecular weight is 480 g/mol. The van der Waals surface area contributed by atoms with Gasteiger partial charge in [0.2, 0.25) is 11.8 Å². The summed E-state index contributed by atoms with van der Waals surface area (Å²) in [5, 5.41) is 11.5. The van der Waals surface area contributed by atoms with Gasteiger partial charge in [-0.2, -0.15) is 0 Å². The number of hydrogen-bond donors (Lipinski definition) is 2. The van der Waals surface area contributed by atoms with Crippen LogP contribution in [0, 0.1) is 0 Å². The number of carbonyl (C=O) groups is 3. The van der Waals surface area contributed by atoms with Crippen molar-refractivity contribution in [1.29, 1.82) is 0 Å². The standard InChI is InChI=1S/C21H28N4O9/c1-20(2,3)34-19(29)25-14(10-33-21(25,4)5)17-24-13(9-32-17)16-23-12(8-31-16)15(27)22-11(7-26)18(28)30-6/h8-9,11,14,26H,7,10H2,1-6H3,(H,22,27)/t11?,14-/m0/s1. The van der Waals surface area contributed by atoms with Crippen molar-refractivity contribution in [2.75, 3.05) is 20.3 Å². The molecule has 0 aliphatic carbocycles. The molecule has 0 aromatic carbocycles. The second kappa shape index (κ2) is 9.43. The Balaban J connectivity index is 1.78. The van der Waals surface area contributed by atoms with Gasteiger partial charge in [0.1, 0.15) is 29.9 Å². The molecule has 34 heavy (non-hydrogen) atoms. The maximum Gasteiger partial charge on any atom is 0.413 e. The summed E-state index contributed by atoms with van der Waals surface area (Å²) in [5.74, 6) is -1.43. The van der Waals surface area contributed by atoms with Gasteiger partial charge >= 0.3 is 12.1 Å². The lowest BCUT2D eigenvalue weighted by Gasteiger charge is -2.34. The van der Waals surface area contributed by atoms with Crippen LogP contribution in [-0.2, 0) is 19.0 Å². The summed E-state index contributed by atoms with van der Waals surface area (Å²) in [6.45, 7) is 8.22. The topological polar surface area (TPSA) is 166 Å². The van der Waals surface area contributed by atoms with Crippen molar-refractivity contribution in [3.05, 3.63) is 24.1 Å². The van der Waals surface area contributed by atoms with Crippen LogP contribution in [0.25, 0.3) is 11.6 Å². The van der Waals surface area contributed by atoms with Crippen molar-refractivity contribution < 1.29 is 42.5 Å². The first-order chi connectivity index (χ1) is 15.9. The van der Waals surface area contributed by atoms with E-state index in [1.165, 1.54) is 11.2 Å². The summed E-state index contributed by atoms with van der Waals surface area (Å²) < 4.78 is 26.7. The van der Waals surface area contributed by atoms with Crippen LogP contribution in [0.4, 0.5) is 4.79 Å². The Morgan fingerprint density at radius 1 is 1.26 bits per heavy atom. The third-order valence-corrected chi connectivity index (χ3v) is 4.81. The summed E-state index contributed by atoms with van der Waals surface area (Å²) in [6, 6.07) is -1.91. The van der Waals surface area contributed by atoms with Gasteiger partial charge in [0, 0.05) is 0 Å². The Morgan fingerprint density at radius 3 is 2.59 bits per heavy atom. The van der Waals surface area contributed by atoms with E-state index in [0.29, 0.717) is 0 Å².